The van der Waals surface area contributed by atoms with E-state index in [0.717, 1.165) is 71.6 Å². The Kier molecular flexibility index (Phi) is 23.3. The molecule has 9 heteroatoms. The summed E-state index contributed by atoms with van der Waals surface area (Å²) in [6, 6.07) is 0. The van der Waals surface area contributed by atoms with Crippen LogP contribution in [0.25, 0.3) is 0 Å². The van der Waals surface area contributed by atoms with Crippen molar-refractivity contribution in [3.8, 4) is 0 Å². The van der Waals surface area contributed by atoms with Crippen LogP contribution in [0, 0.1) is 0 Å². The molecular formula is C27H58N6O3. The maximum absolute atomic E-state index is 12.1. The highest BCUT2D eigenvalue weighted by Crippen LogP contribution is 1.98. The van der Waals surface area contributed by atoms with E-state index in [9.17, 15) is 9.59 Å². The number of unbranched alkanes of at least 4 members (excludes halogenated alkanes) is 1. The predicted octanol–water partition coefficient (Wildman–Crippen LogP) is 1.73. The van der Waals surface area contributed by atoms with Crippen molar-refractivity contribution in [1.29, 1.82) is 0 Å². The Hall–Kier alpha value is -1.26. The second-order valence-electron chi connectivity index (χ2n) is 10.2. The number of rotatable bonds is 25. The van der Waals surface area contributed by atoms with E-state index >= 15 is 0 Å². The summed E-state index contributed by atoms with van der Waals surface area (Å²) in [5.74, 6) is 0.0131. The Labute approximate surface area is 222 Å². The molecule has 36 heavy (non-hydrogen) atoms. The van der Waals surface area contributed by atoms with Crippen molar-refractivity contribution in [1.82, 2.24) is 30.2 Å². The molecule has 9 nitrogen and oxygen atoms in total. The fourth-order valence-corrected chi connectivity index (χ4v) is 3.91. The molecule has 0 aliphatic heterocycles. The Balaban J connectivity index is 3.87. The molecular weight excluding hydrogens is 456 g/mol. The zero-order chi connectivity index (χ0) is 27.0. The van der Waals surface area contributed by atoms with Crippen LogP contribution in [0.15, 0.2) is 0 Å². The molecule has 0 fully saturated rings. The van der Waals surface area contributed by atoms with Crippen molar-refractivity contribution in [2.24, 2.45) is 0 Å². The van der Waals surface area contributed by atoms with E-state index in [1.165, 1.54) is 12.8 Å². The first-order chi connectivity index (χ1) is 17.3. The molecule has 0 saturated heterocycles. The Bertz CT molecular complexity index is 534. The van der Waals surface area contributed by atoms with E-state index < -0.39 is 0 Å². The zero-order valence-electron chi connectivity index (χ0n) is 24.4. The molecule has 0 bridgehead atoms. The molecule has 2 amide bonds. The molecule has 0 rings (SSSR count). The summed E-state index contributed by atoms with van der Waals surface area (Å²) in [4.78, 5) is 33.4. The monoisotopic (exact) mass is 514 g/mol. The van der Waals surface area contributed by atoms with E-state index in [1.807, 2.05) is 0 Å². The van der Waals surface area contributed by atoms with Gasteiger partial charge in [-0.2, -0.15) is 0 Å². The van der Waals surface area contributed by atoms with Gasteiger partial charge in [-0.1, -0.05) is 20.3 Å². The number of ether oxygens (including phenoxy) is 1. The fraction of sp³-hybridized carbons (Fsp3) is 0.926. The topological polar surface area (TPSA) is 80.4 Å². The summed E-state index contributed by atoms with van der Waals surface area (Å²) in [7, 11) is 8.38. The van der Waals surface area contributed by atoms with Crippen LogP contribution >= 0.6 is 0 Å². The first kappa shape index (κ1) is 34.7. The van der Waals surface area contributed by atoms with Gasteiger partial charge in [-0.15, -0.1) is 0 Å². The molecule has 2 N–H and O–H groups in total. The van der Waals surface area contributed by atoms with E-state index in [2.05, 4.69) is 72.3 Å². The molecule has 0 spiro atoms. The van der Waals surface area contributed by atoms with E-state index in [4.69, 9.17) is 4.74 Å². The molecule has 0 aliphatic carbocycles. The Morgan fingerprint density at radius 2 is 1.03 bits per heavy atom. The number of hydrogen-bond donors (Lipinski definition) is 2. The molecule has 0 atom stereocenters. The maximum atomic E-state index is 12.1. The van der Waals surface area contributed by atoms with Gasteiger partial charge in [0.1, 0.15) is 0 Å². The largest absolute Gasteiger partial charge is 0.380 e. The second kappa shape index (κ2) is 24.1. The van der Waals surface area contributed by atoms with Crippen molar-refractivity contribution in [3.05, 3.63) is 0 Å². The van der Waals surface area contributed by atoms with E-state index in [0.29, 0.717) is 39.1 Å². The lowest BCUT2D eigenvalue weighted by Gasteiger charge is -2.23. The minimum absolute atomic E-state index is 0.00521. The molecule has 0 aromatic rings. The molecule has 214 valence electrons. The molecule has 0 unspecified atom stereocenters. The molecule has 0 radical (unpaired) electrons. The highest BCUT2D eigenvalue weighted by atomic mass is 16.5. The summed E-state index contributed by atoms with van der Waals surface area (Å²) in [5.41, 5.74) is 0. The molecule has 0 aromatic heterocycles. The molecule has 0 heterocycles. The zero-order valence-corrected chi connectivity index (χ0v) is 24.4. The van der Waals surface area contributed by atoms with Gasteiger partial charge in [-0.3, -0.25) is 9.59 Å². The summed E-state index contributed by atoms with van der Waals surface area (Å²) in [6.07, 6.45) is 6.41. The first-order valence-electron chi connectivity index (χ1n) is 14.1. The summed E-state index contributed by atoms with van der Waals surface area (Å²) in [5, 5.41) is 5.99. The number of carbonyl (C=O) groups is 2. The third kappa shape index (κ3) is 23.2. The number of hydrogen-bond acceptors (Lipinski definition) is 7. The van der Waals surface area contributed by atoms with Gasteiger partial charge in [-0.05, 0) is 93.1 Å². The summed E-state index contributed by atoms with van der Waals surface area (Å²) < 4.78 is 5.52. The minimum atomic E-state index is 0.00521. The lowest BCUT2D eigenvalue weighted by molar-refractivity contribution is -0.122. The quantitative estimate of drug-likeness (QED) is 0.180. The second-order valence-corrected chi connectivity index (χ2v) is 10.2. The van der Waals surface area contributed by atoms with Crippen molar-refractivity contribution in [2.75, 3.05) is 107 Å². The van der Waals surface area contributed by atoms with Crippen molar-refractivity contribution in [3.63, 3.8) is 0 Å². The fourth-order valence-electron chi connectivity index (χ4n) is 3.91. The van der Waals surface area contributed by atoms with Crippen LogP contribution in [0.2, 0.25) is 0 Å². The SMILES string of the molecule is CCCCN(CCCN(C)C)CCNC(=O)CCOCCC(=O)NCCN(CCC)CCCN(C)C. The lowest BCUT2D eigenvalue weighted by atomic mass is 10.3. The molecule has 0 saturated carbocycles. The van der Waals surface area contributed by atoms with Gasteiger partial charge in [-0.25, -0.2) is 0 Å². The highest BCUT2D eigenvalue weighted by Gasteiger charge is 2.08. The van der Waals surface area contributed by atoms with Crippen LogP contribution < -0.4 is 10.6 Å². The van der Waals surface area contributed by atoms with Crippen LogP contribution in [-0.2, 0) is 14.3 Å². The normalized spacial score (nSPS) is 11.7. The van der Waals surface area contributed by atoms with E-state index in [-0.39, 0.29) is 11.8 Å². The van der Waals surface area contributed by atoms with Crippen molar-refractivity contribution >= 4 is 11.8 Å². The number of amides is 2. The van der Waals surface area contributed by atoms with Gasteiger partial charge in [0.2, 0.25) is 11.8 Å². The first-order valence-corrected chi connectivity index (χ1v) is 14.1. The average molecular weight is 515 g/mol. The van der Waals surface area contributed by atoms with E-state index in [1.54, 1.807) is 0 Å². The maximum Gasteiger partial charge on any atom is 0.222 e. The van der Waals surface area contributed by atoms with Gasteiger partial charge in [0.15, 0.2) is 0 Å². The highest BCUT2D eigenvalue weighted by molar-refractivity contribution is 5.76. The van der Waals surface area contributed by atoms with Crippen molar-refractivity contribution in [2.45, 2.75) is 58.8 Å². The number of carbonyl (C=O) groups excluding carboxylic acids is 2. The number of nitrogens with one attached hydrogen (secondary N) is 2. The third-order valence-corrected chi connectivity index (χ3v) is 5.97. The lowest BCUT2D eigenvalue weighted by Crippen LogP contribution is -2.37. The van der Waals surface area contributed by atoms with Gasteiger partial charge < -0.3 is 35.0 Å². The van der Waals surface area contributed by atoms with Crippen LogP contribution in [0.4, 0.5) is 0 Å². The third-order valence-electron chi connectivity index (χ3n) is 5.97. The van der Waals surface area contributed by atoms with Crippen LogP contribution in [0.5, 0.6) is 0 Å². The van der Waals surface area contributed by atoms with Crippen LogP contribution in [0.1, 0.15) is 58.8 Å². The van der Waals surface area contributed by atoms with Gasteiger partial charge in [0.25, 0.3) is 0 Å². The van der Waals surface area contributed by atoms with Gasteiger partial charge in [0, 0.05) is 39.0 Å². The van der Waals surface area contributed by atoms with Gasteiger partial charge in [0.05, 0.1) is 13.2 Å². The van der Waals surface area contributed by atoms with Crippen LogP contribution in [0.3, 0.4) is 0 Å². The minimum Gasteiger partial charge on any atom is -0.380 e. The van der Waals surface area contributed by atoms with Crippen molar-refractivity contribution < 1.29 is 14.3 Å². The standard InChI is InChI=1S/C27H58N6O3/c1-7-9-19-33(21-11-18-31(5)6)23-15-29-27(35)13-25-36-24-12-26(34)28-14-22-32(16-8-2)20-10-17-30(3)4/h7-25H2,1-6H3,(H,28,34)(H,29,35). The Morgan fingerprint density at radius 3 is 1.44 bits per heavy atom. The summed E-state index contributed by atoms with van der Waals surface area (Å²) in [6.45, 7) is 14.6. The Morgan fingerprint density at radius 1 is 0.583 bits per heavy atom. The molecule has 0 aliphatic rings. The number of nitrogens with zero attached hydrogens (tertiary/aromatic N) is 4. The molecule has 0 aromatic carbocycles. The summed E-state index contributed by atoms with van der Waals surface area (Å²) >= 11 is 0. The van der Waals surface area contributed by atoms with Crippen LogP contribution in [-0.4, -0.2) is 138 Å². The average Bonchev–Trinajstić information content (AvgIpc) is 2.81. The predicted molar refractivity (Wildman–Crippen MR) is 150 cm³/mol. The smallest absolute Gasteiger partial charge is 0.222 e. The van der Waals surface area contributed by atoms with Gasteiger partial charge >= 0.3 is 0 Å².